The molecule has 3 aromatic carbocycles. The van der Waals surface area contributed by atoms with Crippen LogP contribution < -0.4 is 10.6 Å². The van der Waals surface area contributed by atoms with Crippen LogP contribution in [0.25, 0.3) is 0 Å². The highest BCUT2D eigenvalue weighted by atomic mass is 16.4. The maximum Gasteiger partial charge on any atom is 0.303 e. The van der Waals surface area contributed by atoms with Crippen LogP contribution in [-0.2, 0) is 20.8 Å². The van der Waals surface area contributed by atoms with Crippen LogP contribution in [0.5, 0.6) is 0 Å². The van der Waals surface area contributed by atoms with Crippen LogP contribution in [0.3, 0.4) is 0 Å². The molecule has 36 heavy (non-hydrogen) atoms. The minimum atomic E-state index is -0.964. The van der Waals surface area contributed by atoms with Crippen molar-refractivity contribution in [2.75, 3.05) is 10.6 Å². The number of benzene rings is 3. The fourth-order valence-electron chi connectivity index (χ4n) is 3.37. The summed E-state index contributed by atoms with van der Waals surface area (Å²) >= 11 is 0. The smallest absolute Gasteiger partial charge is 0.303 e. The van der Waals surface area contributed by atoms with Gasteiger partial charge in [-0.05, 0) is 37.1 Å². The first-order valence-corrected chi connectivity index (χ1v) is 11.9. The number of hydrogen-bond acceptors (Lipinski definition) is 4. The Morgan fingerprint density at radius 3 is 2.08 bits per heavy atom. The van der Waals surface area contributed by atoms with Crippen molar-refractivity contribution in [3.05, 3.63) is 95.1 Å². The molecule has 0 aliphatic carbocycles. The maximum absolute atomic E-state index is 13.2. The van der Waals surface area contributed by atoms with E-state index in [1.54, 1.807) is 42.5 Å². The molecule has 0 fully saturated rings. The maximum atomic E-state index is 13.2. The lowest BCUT2D eigenvalue weighted by Gasteiger charge is -2.14. The SMILES string of the molecule is CC.Cc1ccc(CC(=O)Nc2ccc(NC(=O)CCCC(=O)O)cc2C(=O)c2ccccc2)cc1. The molecule has 3 aromatic rings. The number of aliphatic carboxylic acids is 1. The van der Waals surface area contributed by atoms with Crippen molar-refractivity contribution in [3.63, 3.8) is 0 Å². The first-order chi connectivity index (χ1) is 17.3. The summed E-state index contributed by atoms with van der Waals surface area (Å²) in [5, 5.41) is 14.2. The molecule has 3 N–H and O–H groups in total. The Labute approximate surface area is 211 Å². The van der Waals surface area contributed by atoms with E-state index in [9.17, 15) is 19.2 Å². The molecule has 0 aliphatic rings. The van der Waals surface area contributed by atoms with E-state index in [0.717, 1.165) is 11.1 Å². The zero-order chi connectivity index (χ0) is 26.5. The van der Waals surface area contributed by atoms with Gasteiger partial charge in [0.1, 0.15) is 0 Å². The van der Waals surface area contributed by atoms with Crippen LogP contribution in [-0.4, -0.2) is 28.7 Å². The Morgan fingerprint density at radius 1 is 0.778 bits per heavy atom. The van der Waals surface area contributed by atoms with E-state index >= 15 is 0 Å². The van der Waals surface area contributed by atoms with Crippen LogP contribution in [0.2, 0.25) is 0 Å². The lowest BCUT2D eigenvalue weighted by molar-refractivity contribution is -0.137. The van der Waals surface area contributed by atoms with Gasteiger partial charge in [-0.2, -0.15) is 0 Å². The van der Waals surface area contributed by atoms with Crippen LogP contribution in [0.15, 0.2) is 72.8 Å². The van der Waals surface area contributed by atoms with Crippen LogP contribution in [0, 0.1) is 6.92 Å². The summed E-state index contributed by atoms with van der Waals surface area (Å²) in [6, 6.07) is 21.0. The quantitative estimate of drug-likeness (QED) is 0.320. The third-order valence-electron chi connectivity index (χ3n) is 5.14. The van der Waals surface area contributed by atoms with Gasteiger partial charge in [-0.15, -0.1) is 0 Å². The van der Waals surface area contributed by atoms with E-state index < -0.39 is 5.97 Å². The average Bonchev–Trinajstić information content (AvgIpc) is 2.87. The zero-order valence-corrected chi connectivity index (χ0v) is 20.8. The molecule has 0 aromatic heterocycles. The number of carbonyl (C=O) groups excluding carboxylic acids is 3. The summed E-state index contributed by atoms with van der Waals surface area (Å²) in [6.45, 7) is 5.97. The van der Waals surface area contributed by atoms with Gasteiger partial charge in [-0.25, -0.2) is 0 Å². The standard InChI is InChI=1S/C27H26N2O5.C2H6/c1-18-10-12-19(13-11-18)16-25(31)29-23-15-14-21(28-24(30)8-5-9-26(32)33)17-22(23)27(34)20-6-3-2-4-7-20;1-2/h2-4,6-7,10-15,17H,5,8-9,16H2,1H3,(H,28,30)(H,29,31)(H,32,33);1-2H3. The molecule has 7 nitrogen and oxygen atoms in total. The fraction of sp³-hybridized carbons (Fsp3) is 0.241. The zero-order valence-electron chi connectivity index (χ0n) is 20.8. The predicted octanol–water partition coefficient (Wildman–Crippen LogP) is 5.63. The predicted molar refractivity (Wildman–Crippen MR) is 141 cm³/mol. The average molecular weight is 489 g/mol. The Kier molecular flexibility index (Phi) is 11.0. The molecule has 7 heteroatoms. The molecule has 0 radical (unpaired) electrons. The van der Waals surface area contributed by atoms with Crippen molar-refractivity contribution in [1.29, 1.82) is 0 Å². The van der Waals surface area contributed by atoms with Gasteiger partial charge in [0.25, 0.3) is 0 Å². The van der Waals surface area contributed by atoms with Crippen LogP contribution in [0.4, 0.5) is 11.4 Å². The fourth-order valence-corrected chi connectivity index (χ4v) is 3.37. The topological polar surface area (TPSA) is 113 Å². The second-order valence-corrected chi connectivity index (χ2v) is 7.96. The summed E-state index contributed by atoms with van der Waals surface area (Å²) in [5.74, 6) is -1.88. The highest BCUT2D eigenvalue weighted by Crippen LogP contribution is 2.24. The second kappa shape index (κ2) is 14.2. The van der Waals surface area contributed by atoms with Crippen molar-refractivity contribution in [2.45, 2.75) is 46.5 Å². The Bertz CT molecular complexity index is 1190. The highest BCUT2D eigenvalue weighted by molar-refractivity contribution is 6.14. The summed E-state index contributed by atoms with van der Waals surface area (Å²) in [5.41, 5.74) is 3.36. The number of rotatable bonds is 10. The summed E-state index contributed by atoms with van der Waals surface area (Å²) in [4.78, 5) is 48.7. The van der Waals surface area contributed by atoms with Crippen molar-refractivity contribution in [1.82, 2.24) is 0 Å². The second-order valence-electron chi connectivity index (χ2n) is 7.96. The molecule has 0 atom stereocenters. The molecule has 0 heterocycles. The molecule has 0 bridgehead atoms. The van der Waals surface area contributed by atoms with E-state index in [-0.39, 0.29) is 48.8 Å². The van der Waals surface area contributed by atoms with E-state index in [2.05, 4.69) is 10.6 Å². The molecule has 0 spiro atoms. The van der Waals surface area contributed by atoms with E-state index in [0.29, 0.717) is 16.9 Å². The molecule has 0 saturated heterocycles. The minimum absolute atomic E-state index is 0.0449. The highest BCUT2D eigenvalue weighted by Gasteiger charge is 2.17. The van der Waals surface area contributed by atoms with Gasteiger partial charge in [0.05, 0.1) is 12.1 Å². The van der Waals surface area contributed by atoms with Gasteiger partial charge in [0, 0.05) is 29.7 Å². The molecule has 0 saturated carbocycles. The Balaban J connectivity index is 0.00000222. The molecular formula is C29H32N2O5. The monoisotopic (exact) mass is 488 g/mol. The van der Waals surface area contributed by atoms with Crippen LogP contribution >= 0.6 is 0 Å². The Hall–Kier alpha value is -4.26. The molecule has 0 unspecified atom stereocenters. The van der Waals surface area contributed by atoms with Gasteiger partial charge < -0.3 is 15.7 Å². The lowest BCUT2D eigenvalue weighted by Crippen LogP contribution is -2.18. The third-order valence-corrected chi connectivity index (χ3v) is 5.14. The first-order valence-electron chi connectivity index (χ1n) is 11.9. The van der Waals surface area contributed by atoms with Gasteiger partial charge >= 0.3 is 5.97 Å². The number of carbonyl (C=O) groups is 4. The van der Waals surface area contributed by atoms with Crippen molar-refractivity contribution >= 4 is 34.9 Å². The van der Waals surface area contributed by atoms with Gasteiger partial charge in [-0.3, -0.25) is 19.2 Å². The molecule has 3 rings (SSSR count). The largest absolute Gasteiger partial charge is 0.481 e. The van der Waals surface area contributed by atoms with Crippen LogP contribution in [0.1, 0.15) is 60.2 Å². The van der Waals surface area contributed by atoms with Crippen molar-refractivity contribution in [2.24, 2.45) is 0 Å². The number of amides is 2. The number of anilines is 2. The van der Waals surface area contributed by atoms with E-state index in [1.165, 1.54) is 6.07 Å². The summed E-state index contributed by atoms with van der Waals surface area (Å²) in [6.07, 6.45) is 0.311. The lowest BCUT2D eigenvalue weighted by atomic mass is 10.0. The third kappa shape index (κ3) is 8.83. The number of hydrogen-bond donors (Lipinski definition) is 3. The number of carboxylic acids is 1. The van der Waals surface area contributed by atoms with E-state index in [4.69, 9.17) is 5.11 Å². The summed E-state index contributed by atoms with van der Waals surface area (Å²) < 4.78 is 0. The number of ketones is 1. The minimum Gasteiger partial charge on any atom is -0.481 e. The number of nitrogens with one attached hydrogen (secondary N) is 2. The molecule has 0 aliphatic heterocycles. The molecule has 2 amide bonds. The first kappa shape index (κ1) is 28.0. The van der Waals surface area contributed by atoms with E-state index in [1.807, 2.05) is 45.0 Å². The van der Waals surface area contributed by atoms with Crippen molar-refractivity contribution in [3.8, 4) is 0 Å². The normalized spacial score (nSPS) is 9.97. The van der Waals surface area contributed by atoms with Crippen molar-refractivity contribution < 1.29 is 24.3 Å². The molecule has 188 valence electrons. The van der Waals surface area contributed by atoms with Gasteiger partial charge in [0.15, 0.2) is 5.78 Å². The Morgan fingerprint density at radius 2 is 1.44 bits per heavy atom. The number of carboxylic acid groups (broad SMARTS) is 1. The summed E-state index contributed by atoms with van der Waals surface area (Å²) in [7, 11) is 0. The number of aryl methyl sites for hydroxylation is 1. The van der Waals surface area contributed by atoms with Gasteiger partial charge in [-0.1, -0.05) is 74.0 Å². The molecular weight excluding hydrogens is 456 g/mol. The van der Waals surface area contributed by atoms with Gasteiger partial charge in [0.2, 0.25) is 11.8 Å².